The van der Waals surface area contributed by atoms with E-state index >= 15 is 0 Å². The van der Waals surface area contributed by atoms with Gasteiger partial charge in [0.1, 0.15) is 0 Å². The number of halogens is 2. The highest BCUT2D eigenvalue weighted by Crippen LogP contribution is 2.26. The van der Waals surface area contributed by atoms with E-state index in [1.54, 1.807) is 20.8 Å². The maximum atomic E-state index is 12.8. The molecular weight excluding hydrogens is 270 g/mol. The van der Waals surface area contributed by atoms with Gasteiger partial charge in [-0.1, -0.05) is 6.92 Å². The second-order valence-corrected chi connectivity index (χ2v) is 6.14. The van der Waals surface area contributed by atoms with Crippen LogP contribution < -0.4 is 0 Å². The topological polar surface area (TPSA) is 80.7 Å². The van der Waals surface area contributed by atoms with Gasteiger partial charge in [-0.15, -0.1) is 0 Å². The number of esters is 1. The molecule has 108 valence electrons. The second-order valence-electron chi connectivity index (χ2n) is 4.59. The van der Waals surface area contributed by atoms with Crippen LogP contribution in [0.4, 0.5) is 8.78 Å². The third-order valence-electron chi connectivity index (χ3n) is 2.66. The lowest BCUT2D eigenvalue weighted by Gasteiger charge is -2.20. The lowest BCUT2D eigenvalue weighted by Crippen LogP contribution is -2.29. The first-order chi connectivity index (χ1) is 7.94. The number of rotatable bonds is 7. The van der Waals surface area contributed by atoms with Crippen molar-refractivity contribution in [1.29, 1.82) is 0 Å². The second kappa shape index (κ2) is 5.92. The molecule has 0 unspecified atom stereocenters. The highest BCUT2D eigenvalue weighted by Gasteiger charge is 2.43. The van der Waals surface area contributed by atoms with Crippen LogP contribution in [0.1, 0.15) is 40.0 Å². The van der Waals surface area contributed by atoms with Gasteiger partial charge in [0.25, 0.3) is 0 Å². The molecule has 0 aromatic heterocycles. The standard InChI is InChI=1S/C10H18F2O5S/c1-4-9(2,3)8(13)17-7-5-6-10(11,12)18(14,15)16/h4-7H2,1-3H3,(H,14,15,16). The van der Waals surface area contributed by atoms with E-state index in [4.69, 9.17) is 9.29 Å². The van der Waals surface area contributed by atoms with Crippen molar-refractivity contribution in [3.05, 3.63) is 0 Å². The van der Waals surface area contributed by atoms with Crippen LogP contribution in [0.25, 0.3) is 0 Å². The molecule has 0 bridgehead atoms. The third kappa shape index (κ3) is 4.85. The summed E-state index contributed by atoms with van der Waals surface area (Å²) in [5.74, 6) is -0.528. The molecule has 0 heterocycles. The van der Waals surface area contributed by atoms with E-state index in [-0.39, 0.29) is 13.0 Å². The number of hydrogen-bond acceptors (Lipinski definition) is 4. The van der Waals surface area contributed by atoms with Gasteiger partial charge in [0.05, 0.1) is 12.0 Å². The van der Waals surface area contributed by atoms with E-state index in [2.05, 4.69) is 0 Å². The number of carbonyl (C=O) groups excluding carboxylic acids is 1. The first kappa shape index (κ1) is 17.2. The van der Waals surface area contributed by atoms with Crippen molar-refractivity contribution < 1.29 is 31.3 Å². The minimum Gasteiger partial charge on any atom is -0.465 e. The van der Waals surface area contributed by atoms with Crippen LogP contribution >= 0.6 is 0 Å². The van der Waals surface area contributed by atoms with Crippen molar-refractivity contribution in [2.75, 3.05) is 6.61 Å². The van der Waals surface area contributed by atoms with Crippen molar-refractivity contribution in [2.24, 2.45) is 5.41 Å². The van der Waals surface area contributed by atoms with Gasteiger partial charge in [-0.05, 0) is 26.7 Å². The number of carbonyl (C=O) groups is 1. The van der Waals surface area contributed by atoms with Crippen molar-refractivity contribution in [3.63, 3.8) is 0 Å². The Hall–Kier alpha value is -0.760. The summed E-state index contributed by atoms with van der Waals surface area (Å²) in [5.41, 5.74) is -0.703. The summed E-state index contributed by atoms with van der Waals surface area (Å²) in [5, 5.41) is -4.21. The number of alkyl halides is 2. The monoisotopic (exact) mass is 288 g/mol. The minimum absolute atomic E-state index is 0.312. The van der Waals surface area contributed by atoms with Crippen LogP contribution in [-0.4, -0.2) is 30.8 Å². The Kier molecular flexibility index (Phi) is 5.67. The molecule has 0 amide bonds. The molecule has 0 atom stereocenters. The summed E-state index contributed by atoms with van der Waals surface area (Å²) in [7, 11) is -5.41. The normalized spacial score (nSPS) is 13.4. The summed E-state index contributed by atoms with van der Waals surface area (Å²) in [6, 6.07) is 0. The molecule has 0 radical (unpaired) electrons. The molecule has 18 heavy (non-hydrogen) atoms. The molecule has 0 fully saturated rings. The molecule has 0 aliphatic rings. The van der Waals surface area contributed by atoms with Gasteiger partial charge in [-0.2, -0.15) is 17.2 Å². The average molecular weight is 288 g/mol. The van der Waals surface area contributed by atoms with Gasteiger partial charge < -0.3 is 4.74 Å². The van der Waals surface area contributed by atoms with Gasteiger partial charge in [-0.25, -0.2) is 0 Å². The maximum Gasteiger partial charge on any atom is 0.370 e. The zero-order valence-corrected chi connectivity index (χ0v) is 11.4. The fourth-order valence-corrected chi connectivity index (χ4v) is 1.31. The molecule has 0 saturated carbocycles. The van der Waals surface area contributed by atoms with Gasteiger partial charge in [0.15, 0.2) is 0 Å². The summed E-state index contributed by atoms with van der Waals surface area (Å²) < 4.78 is 59.1. The van der Waals surface area contributed by atoms with Crippen LogP contribution in [0.5, 0.6) is 0 Å². The summed E-state index contributed by atoms with van der Waals surface area (Å²) >= 11 is 0. The quantitative estimate of drug-likeness (QED) is 0.441. The third-order valence-corrected chi connectivity index (χ3v) is 3.62. The predicted octanol–water partition coefficient (Wildman–Crippen LogP) is 2.23. The van der Waals surface area contributed by atoms with Crippen LogP contribution in [0.2, 0.25) is 0 Å². The zero-order chi connectivity index (χ0) is 14.6. The molecule has 0 aromatic carbocycles. The SMILES string of the molecule is CCC(C)(C)C(=O)OCCCC(F)(F)S(=O)(=O)O. The van der Waals surface area contributed by atoms with E-state index in [9.17, 15) is 22.0 Å². The Bertz CT molecular complexity index is 389. The first-order valence-corrected chi connectivity index (χ1v) is 6.90. The van der Waals surface area contributed by atoms with Crippen molar-refractivity contribution >= 4 is 16.1 Å². The van der Waals surface area contributed by atoms with Crippen molar-refractivity contribution in [2.45, 2.75) is 45.3 Å². The fourth-order valence-electron chi connectivity index (χ4n) is 0.912. The fraction of sp³-hybridized carbons (Fsp3) is 0.900. The molecule has 0 aliphatic carbocycles. The van der Waals surface area contributed by atoms with E-state index < -0.39 is 33.2 Å². The molecule has 1 N–H and O–H groups in total. The summed E-state index contributed by atoms with van der Waals surface area (Å²) in [6.07, 6.45) is -0.906. The zero-order valence-electron chi connectivity index (χ0n) is 10.6. The Labute approximate surface area is 105 Å². The van der Waals surface area contributed by atoms with Gasteiger partial charge in [-0.3, -0.25) is 9.35 Å². The smallest absolute Gasteiger partial charge is 0.370 e. The number of ether oxygens (including phenoxy) is 1. The predicted molar refractivity (Wildman–Crippen MR) is 60.8 cm³/mol. The molecule has 0 spiro atoms. The van der Waals surface area contributed by atoms with Crippen LogP contribution in [0, 0.1) is 5.41 Å². The maximum absolute atomic E-state index is 12.8. The Balaban J connectivity index is 4.14. The molecule has 5 nitrogen and oxygen atoms in total. The van der Waals surface area contributed by atoms with Crippen LogP contribution in [0.15, 0.2) is 0 Å². The Morgan fingerprint density at radius 2 is 1.83 bits per heavy atom. The Morgan fingerprint density at radius 1 is 1.33 bits per heavy atom. The van der Waals surface area contributed by atoms with Crippen LogP contribution in [-0.2, 0) is 19.6 Å². The van der Waals surface area contributed by atoms with Crippen molar-refractivity contribution in [1.82, 2.24) is 0 Å². The molecule has 0 aromatic rings. The number of hydrogen-bond donors (Lipinski definition) is 1. The average Bonchev–Trinajstić information content (AvgIpc) is 2.22. The van der Waals surface area contributed by atoms with E-state index in [0.717, 1.165) is 0 Å². The largest absolute Gasteiger partial charge is 0.465 e. The van der Waals surface area contributed by atoms with E-state index in [0.29, 0.717) is 6.42 Å². The molecule has 8 heteroatoms. The van der Waals surface area contributed by atoms with Crippen molar-refractivity contribution in [3.8, 4) is 0 Å². The van der Waals surface area contributed by atoms with E-state index in [1.165, 1.54) is 0 Å². The van der Waals surface area contributed by atoms with E-state index in [1.807, 2.05) is 0 Å². The summed E-state index contributed by atoms with van der Waals surface area (Å²) in [4.78, 5) is 11.4. The molecule has 0 rings (SSSR count). The van der Waals surface area contributed by atoms with Gasteiger partial charge in [0.2, 0.25) is 0 Å². The molecule has 0 aliphatic heterocycles. The lowest BCUT2D eigenvalue weighted by atomic mass is 9.91. The molecular formula is C10H18F2O5S. The first-order valence-electron chi connectivity index (χ1n) is 5.46. The van der Waals surface area contributed by atoms with Gasteiger partial charge in [0, 0.05) is 6.42 Å². The molecule has 0 saturated heterocycles. The minimum atomic E-state index is -5.41. The Morgan fingerprint density at radius 3 is 2.22 bits per heavy atom. The highest BCUT2D eigenvalue weighted by atomic mass is 32.2. The van der Waals surface area contributed by atoms with Gasteiger partial charge >= 0.3 is 21.3 Å². The van der Waals surface area contributed by atoms with Crippen LogP contribution in [0.3, 0.4) is 0 Å². The lowest BCUT2D eigenvalue weighted by molar-refractivity contribution is -0.154. The summed E-state index contributed by atoms with van der Waals surface area (Å²) in [6.45, 7) is 4.78. The highest BCUT2D eigenvalue weighted by molar-refractivity contribution is 7.86.